The second-order valence-electron chi connectivity index (χ2n) is 6.57. The fourth-order valence-electron chi connectivity index (χ4n) is 2.90. The predicted octanol–water partition coefficient (Wildman–Crippen LogP) is 4.53. The molecule has 0 saturated carbocycles. The van der Waals surface area contributed by atoms with E-state index in [0.717, 1.165) is 16.3 Å². The van der Waals surface area contributed by atoms with Gasteiger partial charge in [-0.15, -0.1) is 0 Å². The first-order valence-electron chi connectivity index (χ1n) is 9.32. The van der Waals surface area contributed by atoms with E-state index >= 15 is 0 Å². The molecule has 0 aliphatic carbocycles. The number of carbonyl (C=O) groups excluding carboxylic acids is 2. The van der Waals surface area contributed by atoms with Crippen LogP contribution in [0.1, 0.15) is 15.9 Å². The Balaban J connectivity index is 1.37. The number of nitrogens with one attached hydrogen (secondary N) is 2. The molecule has 0 fully saturated rings. The fraction of sp³-hybridized carbons (Fsp3) is 0. The van der Waals surface area contributed by atoms with E-state index in [9.17, 15) is 9.59 Å². The van der Waals surface area contributed by atoms with Crippen molar-refractivity contribution in [2.24, 2.45) is 0 Å². The Morgan fingerprint density at radius 1 is 0.733 bits per heavy atom. The Bertz CT molecular complexity index is 1220. The highest BCUT2D eigenvalue weighted by Gasteiger charge is 2.05. The molecule has 0 saturated heterocycles. The summed E-state index contributed by atoms with van der Waals surface area (Å²) >= 11 is 0. The molecule has 2 aromatic carbocycles. The van der Waals surface area contributed by atoms with Crippen LogP contribution in [0.2, 0.25) is 0 Å². The van der Waals surface area contributed by atoms with E-state index < -0.39 is 0 Å². The lowest BCUT2D eigenvalue weighted by Gasteiger charge is -2.05. The molecular weight excluding hydrogens is 376 g/mol. The molecule has 0 atom stereocenters. The molecule has 146 valence electrons. The van der Waals surface area contributed by atoms with Gasteiger partial charge in [0.2, 0.25) is 5.91 Å². The summed E-state index contributed by atoms with van der Waals surface area (Å²) in [5.74, 6) is -0.441. The van der Waals surface area contributed by atoms with Crippen LogP contribution in [0.15, 0.2) is 91.5 Å². The Morgan fingerprint density at radius 2 is 1.50 bits per heavy atom. The number of hydrogen-bond donors (Lipinski definition) is 2. The zero-order valence-electron chi connectivity index (χ0n) is 15.9. The van der Waals surface area contributed by atoms with Gasteiger partial charge in [0, 0.05) is 53.2 Å². The van der Waals surface area contributed by atoms with Gasteiger partial charge in [0.05, 0.1) is 0 Å². The van der Waals surface area contributed by atoms with Crippen molar-refractivity contribution in [3.8, 4) is 0 Å². The highest BCUT2D eigenvalue weighted by molar-refractivity contribution is 6.05. The van der Waals surface area contributed by atoms with E-state index in [2.05, 4.69) is 20.6 Å². The zero-order valence-corrected chi connectivity index (χ0v) is 15.9. The SMILES string of the molecule is O=C(C=Cc1ccc(C(=O)Nc2ccncc2)cc1)Nc1ccc2cnccc2c1. The minimum atomic E-state index is -0.233. The number of aromatic nitrogens is 2. The number of anilines is 2. The lowest BCUT2D eigenvalue weighted by molar-refractivity contribution is -0.111. The van der Waals surface area contributed by atoms with Crippen molar-refractivity contribution in [3.05, 3.63) is 103 Å². The first kappa shape index (κ1) is 19.0. The van der Waals surface area contributed by atoms with Crippen LogP contribution >= 0.6 is 0 Å². The number of fused-ring (bicyclic) bond motifs is 1. The van der Waals surface area contributed by atoms with E-state index in [4.69, 9.17) is 0 Å². The summed E-state index contributed by atoms with van der Waals surface area (Å²) in [5, 5.41) is 7.67. The predicted molar refractivity (Wildman–Crippen MR) is 118 cm³/mol. The standard InChI is InChI=1S/C24H18N4O2/c29-23(27-22-7-6-20-16-26-12-9-19(20)15-22)8-3-17-1-4-18(5-2-17)24(30)28-21-10-13-25-14-11-21/h1-16H,(H,27,29)(H,25,28,30). The van der Waals surface area contributed by atoms with E-state index in [0.29, 0.717) is 16.9 Å². The van der Waals surface area contributed by atoms with Crippen LogP contribution in [0.4, 0.5) is 11.4 Å². The lowest BCUT2D eigenvalue weighted by Crippen LogP contribution is -2.11. The molecule has 6 nitrogen and oxygen atoms in total. The van der Waals surface area contributed by atoms with Gasteiger partial charge in [0.25, 0.3) is 5.91 Å². The highest BCUT2D eigenvalue weighted by atomic mass is 16.2. The van der Waals surface area contributed by atoms with E-state index in [1.165, 1.54) is 6.08 Å². The first-order chi connectivity index (χ1) is 14.7. The van der Waals surface area contributed by atoms with Crippen molar-refractivity contribution < 1.29 is 9.59 Å². The van der Waals surface area contributed by atoms with Crippen LogP contribution in [-0.2, 0) is 4.79 Å². The number of pyridine rings is 2. The summed E-state index contributed by atoms with van der Waals surface area (Å²) in [6.45, 7) is 0. The number of nitrogens with zero attached hydrogens (tertiary/aromatic N) is 2. The van der Waals surface area contributed by atoms with Gasteiger partial charge in [-0.25, -0.2) is 0 Å². The maximum absolute atomic E-state index is 12.3. The summed E-state index contributed by atoms with van der Waals surface area (Å²) in [6.07, 6.45) is 9.89. The van der Waals surface area contributed by atoms with E-state index in [-0.39, 0.29) is 11.8 Å². The van der Waals surface area contributed by atoms with Crippen LogP contribution in [0, 0.1) is 0 Å². The molecule has 4 aromatic rings. The second-order valence-corrected chi connectivity index (χ2v) is 6.57. The molecule has 0 bridgehead atoms. The Labute approximate surface area is 173 Å². The molecule has 0 unspecified atom stereocenters. The maximum atomic E-state index is 12.3. The molecule has 2 aromatic heterocycles. The molecule has 2 heterocycles. The van der Waals surface area contributed by atoms with Gasteiger partial charge in [-0.2, -0.15) is 0 Å². The normalized spacial score (nSPS) is 10.8. The molecule has 0 aliphatic rings. The first-order valence-corrected chi connectivity index (χ1v) is 9.32. The summed E-state index contributed by atoms with van der Waals surface area (Å²) in [7, 11) is 0. The smallest absolute Gasteiger partial charge is 0.255 e. The van der Waals surface area contributed by atoms with Gasteiger partial charge in [-0.1, -0.05) is 18.2 Å². The molecule has 6 heteroatoms. The summed E-state index contributed by atoms with van der Waals surface area (Å²) in [6, 6.07) is 18.0. The Morgan fingerprint density at radius 3 is 2.30 bits per heavy atom. The van der Waals surface area contributed by atoms with Crippen molar-refractivity contribution in [2.45, 2.75) is 0 Å². The molecule has 4 rings (SSSR count). The number of hydrogen-bond acceptors (Lipinski definition) is 4. The van der Waals surface area contributed by atoms with Crippen molar-refractivity contribution in [1.82, 2.24) is 9.97 Å². The van der Waals surface area contributed by atoms with Crippen LogP contribution in [0.3, 0.4) is 0 Å². The Kier molecular flexibility index (Phi) is 5.57. The van der Waals surface area contributed by atoms with Crippen LogP contribution < -0.4 is 10.6 Å². The third-order valence-electron chi connectivity index (χ3n) is 4.45. The number of rotatable bonds is 5. The maximum Gasteiger partial charge on any atom is 0.255 e. The van der Waals surface area contributed by atoms with Crippen LogP contribution in [0.5, 0.6) is 0 Å². The van der Waals surface area contributed by atoms with Crippen LogP contribution in [0.25, 0.3) is 16.8 Å². The number of benzene rings is 2. The molecule has 2 amide bonds. The van der Waals surface area contributed by atoms with Crippen molar-refractivity contribution in [1.29, 1.82) is 0 Å². The average Bonchev–Trinajstić information content (AvgIpc) is 2.78. The molecule has 0 spiro atoms. The minimum Gasteiger partial charge on any atom is -0.322 e. The molecular formula is C24H18N4O2. The summed E-state index contributed by atoms with van der Waals surface area (Å²) in [4.78, 5) is 32.5. The minimum absolute atomic E-state index is 0.207. The lowest BCUT2D eigenvalue weighted by atomic mass is 10.1. The zero-order chi connectivity index (χ0) is 20.8. The summed E-state index contributed by atoms with van der Waals surface area (Å²) in [5.41, 5.74) is 2.74. The number of amides is 2. The van der Waals surface area contributed by atoms with E-state index in [1.54, 1.807) is 67.3 Å². The quantitative estimate of drug-likeness (QED) is 0.487. The largest absolute Gasteiger partial charge is 0.322 e. The second kappa shape index (κ2) is 8.79. The van der Waals surface area contributed by atoms with Crippen molar-refractivity contribution >= 4 is 40.0 Å². The van der Waals surface area contributed by atoms with Gasteiger partial charge in [0.15, 0.2) is 0 Å². The van der Waals surface area contributed by atoms with Crippen LogP contribution in [-0.4, -0.2) is 21.8 Å². The third-order valence-corrected chi connectivity index (χ3v) is 4.45. The molecule has 0 aliphatic heterocycles. The van der Waals surface area contributed by atoms with Gasteiger partial charge in [0.1, 0.15) is 0 Å². The molecule has 2 N–H and O–H groups in total. The molecule has 0 radical (unpaired) electrons. The highest BCUT2D eigenvalue weighted by Crippen LogP contribution is 2.18. The third kappa shape index (κ3) is 4.74. The molecule has 30 heavy (non-hydrogen) atoms. The van der Waals surface area contributed by atoms with E-state index in [1.807, 2.05) is 24.3 Å². The van der Waals surface area contributed by atoms with Gasteiger partial charge < -0.3 is 10.6 Å². The summed E-state index contributed by atoms with van der Waals surface area (Å²) < 4.78 is 0. The van der Waals surface area contributed by atoms with Gasteiger partial charge >= 0.3 is 0 Å². The van der Waals surface area contributed by atoms with Crippen molar-refractivity contribution in [3.63, 3.8) is 0 Å². The topological polar surface area (TPSA) is 84.0 Å². The van der Waals surface area contributed by atoms with Crippen molar-refractivity contribution in [2.75, 3.05) is 10.6 Å². The van der Waals surface area contributed by atoms with Gasteiger partial charge in [-0.3, -0.25) is 19.6 Å². The van der Waals surface area contributed by atoms with Gasteiger partial charge in [-0.05, 0) is 59.5 Å². The average molecular weight is 394 g/mol. The Hall–Kier alpha value is -4.32. The monoisotopic (exact) mass is 394 g/mol. The fourth-order valence-corrected chi connectivity index (χ4v) is 2.90. The number of carbonyl (C=O) groups is 2.